The largest absolute Gasteiger partial charge is 0.391 e. The van der Waals surface area contributed by atoms with Gasteiger partial charge in [-0.3, -0.25) is 0 Å². The van der Waals surface area contributed by atoms with Crippen molar-refractivity contribution >= 4 is 21.4 Å². The van der Waals surface area contributed by atoms with Gasteiger partial charge in [0.25, 0.3) is 0 Å². The molecule has 0 spiro atoms. The molecule has 116 valence electrons. The first-order valence-corrected chi connectivity index (χ1v) is 8.92. The van der Waals surface area contributed by atoms with Gasteiger partial charge >= 0.3 is 0 Å². The summed E-state index contributed by atoms with van der Waals surface area (Å²) in [5.41, 5.74) is 0.795. The van der Waals surface area contributed by atoms with Gasteiger partial charge in [0, 0.05) is 17.5 Å². The molecule has 1 heterocycles. The minimum atomic E-state index is -3.57. The van der Waals surface area contributed by atoms with Gasteiger partial charge in [-0.2, -0.15) is 0 Å². The summed E-state index contributed by atoms with van der Waals surface area (Å²) in [6.07, 6.45) is 0. The van der Waals surface area contributed by atoms with Gasteiger partial charge in [-0.1, -0.05) is 13.8 Å². The first kappa shape index (κ1) is 17.6. The van der Waals surface area contributed by atoms with Crippen molar-refractivity contribution < 1.29 is 18.3 Å². The Kier molecular flexibility index (Phi) is 6.60. The van der Waals surface area contributed by atoms with Crippen LogP contribution in [0.25, 0.3) is 0 Å². The number of rotatable bonds is 8. The van der Waals surface area contributed by atoms with Crippen LogP contribution < -0.4 is 4.72 Å². The molecule has 0 aliphatic rings. The molecule has 1 atom stereocenters. The van der Waals surface area contributed by atoms with E-state index >= 15 is 0 Å². The van der Waals surface area contributed by atoms with Crippen LogP contribution in [0.5, 0.6) is 0 Å². The van der Waals surface area contributed by atoms with Crippen molar-refractivity contribution in [2.75, 3.05) is 13.2 Å². The van der Waals surface area contributed by atoms with Gasteiger partial charge in [0.15, 0.2) is 0 Å². The second kappa shape index (κ2) is 7.51. The molecule has 0 aliphatic heterocycles. The maximum Gasteiger partial charge on any atom is 0.250 e. The molecule has 1 unspecified atom stereocenters. The molecule has 5 nitrogen and oxygen atoms in total. The average Bonchev–Trinajstić information content (AvgIpc) is 2.76. The molecule has 0 saturated heterocycles. The summed E-state index contributed by atoms with van der Waals surface area (Å²) in [5, 5.41) is 9.16. The van der Waals surface area contributed by atoms with E-state index in [1.165, 1.54) is 0 Å². The van der Waals surface area contributed by atoms with Crippen molar-refractivity contribution in [3.05, 3.63) is 16.5 Å². The van der Waals surface area contributed by atoms with Crippen LogP contribution in [0.3, 0.4) is 0 Å². The molecule has 20 heavy (non-hydrogen) atoms. The maximum absolute atomic E-state index is 12.4. The van der Waals surface area contributed by atoms with Crippen molar-refractivity contribution in [1.82, 2.24) is 4.72 Å². The van der Waals surface area contributed by atoms with Crippen LogP contribution in [0.15, 0.2) is 10.3 Å². The lowest BCUT2D eigenvalue weighted by Gasteiger charge is -2.21. The number of aliphatic hydroxyl groups excluding tert-OH is 1. The Morgan fingerprint density at radius 3 is 2.55 bits per heavy atom. The van der Waals surface area contributed by atoms with Gasteiger partial charge in [-0.05, 0) is 31.4 Å². The lowest BCUT2D eigenvalue weighted by atomic mass is 10.1. The highest BCUT2D eigenvalue weighted by atomic mass is 32.2. The van der Waals surface area contributed by atoms with Crippen LogP contribution in [0, 0.1) is 12.8 Å². The summed E-state index contributed by atoms with van der Waals surface area (Å²) < 4.78 is 33.0. The zero-order valence-electron chi connectivity index (χ0n) is 12.3. The Morgan fingerprint density at radius 2 is 2.10 bits per heavy atom. The molecule has 0 amide bonds. The zero-order valence-corrected chi connectivity index (χ0v) is 14.0. The third-order valence-corrected chi connectivity index (χ3v) is 6.20. The Bertz CT molecular complexity index is 522. The topological polar surface area (TPSA) is 75.6 Å². The molecule has 0 fully saturated rings. The quantitative estimate of drug-likeness (QED) is 0.766. The minimum absolute atomic E-state index is 0.134. The standard InChI is InChI=1S/C13H23NO4S2/c1-5-18-8-11(9(2)3)14-20(16,17)13-6-10(4)12(7-15)19-13/h6,9,11,14-15H,5,7-8H2,1-4H3. The molecule has 2 N–H and O–H groups in total. The van der Waals surface area contributed by atoms with Crippen molar-refractivity contribution in [2.45, 2.75) is 44.6 Å². The van der Waals surface area contributed by atoms with E-state index in [1.54, 1.807) is 13.0 Å². The number of aliphatic hydroxyl groups is 1. The van der Waals surface area contributed by atoms with Gasteiger partial charge < -0.3 is 9.84 Å². The summed E-state index contributed by atoms with van der Waals surface area (Å²) in [7, 11) is -3.57. The number of hydrogen-bond acceptors (Lipinski definition) is 5. The summed E-state index contributed by atoms with van der Waals surface area (Å²) in [4.78, 5) is 0.677. The van der Waals surface area contributed by atoms with E-state index in [1.807, 2.05) is 20.8 Å². The number of nitrogens with one attached hydrogen (secondary N) is 1. The lowest BCUT2D eigenvalue weighted by molar-refractivity contribution is 0.116. The smallest absolute Gasteiger partial charge is 0.250 e. The Balaban J connectivity index is 2.91. The van der Waals surface area contributed by atoms with Crippen LogP contribution in [-0.4, -0.2) is 32.8 Å². The van der Waals surface area contributed by atoms with Gasteiger partial charge in [0.2, 0.25) is 10.0 Å². The van der Waals surface area contributed by atoms with Crippen LogP contribution in [0.1, 0.15) is 31.2 Å². The molecule has 0 bridgehead atoms. The second-order valence-corrected chi connectivity index (χ2v) is 8.04. The van der Waals surface area contributed by atoms with E-state index in [0.717, 1.165) is 16.9 Å². The van der Waals surface area contributed by atoms with Crippen molar-refractivity contribution in [3.8, 4) is 0 Å². The molecule has 0 saturated carbocycles. The highest BCUT2D eigenvalue weighted by molar-refractivity contribution is 7.91. The van der Waals surface area contributed by atoms with Crippen LogP contribution in [0.2, 0.25) is 0 Å². The summed E-state index contributed by atoms with van der Waals surface area (Å²) >= 11 is 1.10. The van der Waals surface area contributed by atoms with Gasteiger partial charge in [0.1, 0.15) is 4.21 Å². The molecular weight excluding hydrogens is 298 g/mol. The predicted octanol–water partition coefficient (Wildman–Crippen LogP) is 1.89. The molecule has 1 aromatic rings. The van der Waals surface area contributed by atoms with Crippen LogP contribution in [-0.2, 0) is 21.4 Å². The summed E-state index contributed by atoms with van der Waals surface area (Å²) in [6, 6.07) is 1.33. The van der Waals surface area contributed by atoms with Gasteiger partial charge in [0.05, 0.1) is 13.2 Å². The van der Waals surface area contributed by atoms with Crippen LogP contribution >= 0.6 is 11.3 Å². The van der Waals surface area contributed by atoms with E-state index in [0.29, 0.717) is 18.1 Å². The summed E-state index contributed by atoms with van der Waals surface area (Å²) in [5.74, 6) is 0.134. The van der Waals surface area contributed by atoms with E-state index < -0.39 is 10.0 Å². The van der Waals surface area contributed by atoms with Gasteiger partial charge in [-0.15, -0.1) is 11.3 Å². The monoisotopic (exact) mass is 321 g/mol. The van der Waals surface area contributed by atoms with Gasteiger partial charge in [-0.25, -0.2) is 13.1 Å². The maximum atomic E-state index is 12.4. The Labute approximate surface area is 125 Å². The molecular formula is C13H23NO4S2. The van der Waals surface area contributed by atoms with Crippen molar-refractivity contribution in [2.24, 2.45) is 5.92 Å². The number of aryl methyl sites for hydroxylation is 1. The van der Waals surface area contributed by atoms with E-state index in [2.05, 4.69) is 4.72 Å². The fraction of sp³-hybridized carbons (Fsp3) is 0.692. The fourth-order valence-electron chi connectivity index (χ4n) is 1.64. The highest BCUT2D eigenvalue weighted by Crippen LogP contribution is 2.26. The molecule has 0 radical (unpaired) electrons. The zero-order chi connectivity index (χ0) is 15.3. The molecule has 0 aromatic carbocycles. The number of ether oxygens (including phenoxy) is 1. The second-order valence-electron chi connectivity index (χ2n) is 4.96. The molecule has 1 aromatic heterocycles. The molecule has 0 aliphatic carbocycles. The molecule has 7 heteroatoms. The summed E-state index contributed by atoms with van der Waals surface area (Å²) in [6.45, 7) is 8.33. The lowest BCUT2D eigenvalue weighted by Crippen LogP contribution is -2.41. The third kappa shape index (κ3) is 4.53. The minimum Gasteiger partial charge on any atom is -0.391 e. The fourth-order valence-corrected chi connectivity index (χ4v) is 4.48. The first-order valence-electron chi connectivity index (χ1n) is 6.62. The van der Waals surface area contributed by atoms with E-state index in [-0.39, 0.29) is 22.8 Å². The number of sulfonamides is 1. The Morgan fingerprint density at radius 1 is 1.45 bits per heavy atom. The highest BCUT2D eigenvalue weighted by Gasteiger charge is 2.24. The average molecular weight is 321 g/mol. The van der Waals surface area contributed by atoms with E-state index in [9.17, 15) is 8.42 Å². The number of hydrogen-bond donors (Lipinski definition) is 2. The number of thiophene rings is 1. The van der Waals surface area contributed by atoms with Crippen LogP contribution in [0.4, 0.5) is 0 Å². The normalized spacial score (nSPS) is 13.9. The molecule has 1 rings (SSSR count). The third-order valence-electron chi connectivity index (χ3n) is 3.02. The first-order chi connectivity index (χ1) is 9.31. The van der Waals surface area contributed by atoms with Crippen molar-refractivity contribution in [1.29, 1.82) is 0 Å². The SMILES string of the molecule is CCOCC(NS(=O)(=O)c1cc(C)c(CO)s1)C(C)C. The van der Waals surface area contributed by atoms with Crippen molar-refractivity contribution in [3.63, 3.8) is 0 Å². The van der Waals surface area contributed by atoms with E-state index in [4.69, 9.17) is 9.84 Å². The Hall–Kier alpha value is -0.470. The predicted molar refractivity (Wildman–Crippen MR) is 80.4 cm³/mol.